The van der Waals surface area contributed by atoms with Gasteiger partial charge in [-0.25, -0.2) is 4.79 Å². The van der Waals surface area contributed by atoms with Crippen LogP contribution in [0.5, 0.6) is 0 Å². The second kappa shape index (κ2) is 4.70. The molecule has 6 nitrogen and oxygen atoms in total. The number of aromatic nitrogens is 2. The molecule has 2 rings (SSSR count). The fourth-order valence-electron chi connectivity index (χ4n) is 1.61. The minimum Gasteiger partial charge on any atom is -0.476 e. The summed E-state index contributed by atoms with van der Waals surface area (Å²) in [5, 5.41) is 15.8. The van der Waals surface area contributed by atoms with Crippen LogP contribution in [0.3, 0.4) is 0 Å². The molecule has 1 aromatic heterocycles. The molecular weight excluding hydrogens is 234 g/mol. The molecule has 6 heteroatoms. The number of primary amides is 1. The smallest absolute Gasteiger partial charge is 0.357 e. The molecule has 1 amide bonds. The van der Waals surface area contributed by atoms with Crippen LogP contribution in [0.15, 0.2) is 24.3 Å². The molecule has 92 valence electrons. The van der Waals surface area contributed by atoms with E-state index in [9.17, 15) is 9.59 Å². The van der Waals surface area contributed by atoms with Crippen LogP contribution in [-0.4, -0.2) is 27.2 Å². The fourth-order valence-corrected chi connectivity index (χ4v) is 1.61. The summed E-state index contributed by atoms with van der Waals surface area (Å²) in [7, 11) is 0. The van der Waals surface area contributed by atoms with E-state index >= 15 is 0 Å². The molecule has 0 aliphatic heterocycles. The lowest BCUT2D eigenvalue weighted by molar-refractivity contribution is -0.117. The summed E-state index contributed by atoms with van der Waals surface area (Å²) < 4.78 is 0. The number of rotatable bonds is 4. The van der Waals surface area contributed by atoms with Gasteiger partial charge in [0.1, 0.15) is 0 Å². The van der Waals surface area contributed by atoms with Crippen LogP contribution < -0.4 is 5.73 Å². The molecule has 0 atom stereocenters. The Hall–Kier alpha value is -2.63. The first-order chi connectivity index (χ1) is 8.58. The van der Waals surface area contributed by atoms with Crippen LogP contribution in [-0.2, 0) is 4.79 Å². The highest BCUT2D eigenvalue weighted by atomic mass is 16.4. The molecule has 1 heterocycles. The number of nitrogens with two attached hydrogens (primary N) is 1. The zero-order valence-electron chi connectivity index (χ0n) is 9.38. The monoisotopic (exact) mass is 245 g/mol. The van der Waals surface area contributed by atoms with Crippen LogP contribution in [0.4, 0.5) is 0 Å². The lowest BCUT2D eigenvalue weighted by Crippen LogP contribution is -2.07. The van der Waals surface area contributed by atoms with Gasteiger partial charge in [-0.3, -0.25) is 9.89 Å². The van der Waals surface area contributed by atoms with E-state index in [1.807, 2.05) is 0 Å². The molecule has 1 aromatic carbocycles. The van der Waals surface area contributed by atoms with Gasteiger partial charge in [-0.05, 0) is 17.7 Å². The van der Waals surface area contributed by atoms with E-state index in [0.29, 0.717) is 10.9 Å². The lowest BCUT2D eigenvalue weighted by Gasteiger charge is -1.95. The van der Waals surface area contributed by atoms with Gasteiger partial charge in [-0.2, -0.15) is 5.10 Å². The largest absolute Gasteiger partial charge is 0.476 e. The number of amides is 1. The first-order valence-corrected chi connectivity index (χ1v) is 5.24. The second-order valence-electron chi connectivity index (χ2n) is 3.76. The average molecular weight is 245 g/mol. The second-order valence-corrected chi connectivity index (χ2v) is 3.76. The maximum Gasteiger partial charge on any atom is 0.357 e. The predicted molar refractivity (Wildman–Crippen MR) is 65.9 cm³/mol. The van der Waals surface area contributed by atoms with E-state index in [1.165, 1.54) is 0 Å². The van der Waals surface area contributed by atoms with E-state index in [4.69, 9.17) is 10.8 Å². The Morgan fingerprint density at radius 3 is 2.89 bits per heavy atom. The maximum atomic E-state index is 10.9. The van der Waals surface area contributed by atoms with Crippen molar-refractivity contribution in [1.82, 2.24) is 10.2 Å². The number of H-pyrrole nitrogens is 1. The summed E-state index contributed by atoms with van der Waals surface area (Å²) in [6.07, 6.45) is 3.49. The summed E-state index contributed by atoms with van der Waals surface area (Å²) in [6.45, 7) is 0. The van der Waals surface area contributed by atoms with Crippen LogP contribution in [0.2, 0.25) is 0 Å². The standard InChI is InChI=1S/C12H11N3O3/c13-10(16)3-1-2-7-4-5-9-8(6-7)11(12(17)18)15-14-9/h1-2,4-6H,3H2,(H2,13,16)(H,14,15)(H,17,18). The minimum atomic E-state index is -1.08. The third-order valence-electron chi connectivity index (χ3n) is 2.42. The summed E-state index contributed by atoms with van der Waals surface area (Å²) in [5.74, 6) is -1.50. The molecule has 0 spiro atoms. The van der Waals surface area contributed by atoms with Gasteiger partial charge in [0.05, 0.1) is 5.52 Å². The van der Waals surface area contributed by atoms with Crippen molar-refractivity contribution in [3.8, 4) is 0 Å². The summed E-state index contributed by atoms with van der Waals surface area (Å²) in [5.41, 5.74) is 6.43. The molecule has 4 N–H and O–H groups in total. The van der Waals surface area contributed by atoms with Crippen LogP contribution in [0.1, 0.15) is 22.5 Å². The number of carbonyl (C=O) groups is 2. The number of carboxylic acids is 1. The van der Waals surface area contributed by atoms with Gasteiger partial charge in [0.25, 0.3) is 0 Å². The Kier molecular flexibility index (Phi) is 3.09. The molecule has 0 aliphatic carbocycles. The zero-order chi connectivity index (χ0) is 13.1. The fraction of sp³-hybridized carbons (Fsp3) is 0.0833. The Balaban J connectivity index is 2.36. The third kappa shape index (κ3) is 2.37. The number of hydrogen-bond acceptors (Lipinski definition) is 3. The zero-order valence-corrected chi connectivity index (χ0v) is 9.38. The Morgan fingerprint density at radius 1 is 1.44 bits per heavy atom. The number of benzene rings is 1. The van der Waals surface area contributed by atoms with E-state index in [-0.39, 0.29) is 12.1 Å². The van der Waals surface area contributed by atoms with E-state index in [0.717, 1.165) is 5.56 Å². The molecule has 0 fully saturated rings. The quantitative estimate of drug-likeness (QED) is 0.750. The molecule has 0 saturated heterocycles. The molecule has 2 aromatic rings. The molecule has 0 saturated carbocycles. The van der Waals surface area contributed by atoms with Crippen molar-refractivity contribution < 1.29 is 14.7 Å². The lowest BCUT2D eigenvalue weighted by atomic mass is 10.1. The van der Waals surface area contributed by atoms with Crippen molar-refractivity contribution in [1.29, 1.82) is 0 Å². The van der Waals surface area contributed by atoms with Crippen molar-refractivity contribution in [2.75, 3.05) is 0 Å². The Labute approximate surface area is 102 Å². The maximum absolute atomic E-state index is 10.9. The summed E-state index contributed by atoms with van der Waals surface area (Å²) in [4.78, 5) is 21.5. The molecule has 18 heavy (non-hydrogen) atoms. The van der Waals surface area contributed by atoms with Crippen molar-refractivity contribution >= 4 is 28.9 Å². The normalized spacial score (nSPS) is 11.1. The number of aromatic amines is 1. The first kappa shape index (κ1) is 11.8. The summed E-state index contributed by atoms with van der Waals surface area (Å²) in [6, 6.07) is 5.22. The van der Waals surface area contributed by atoms with Crippen molar-refractivity contribution in [2.24, 2.45) is 5.73 Å². The number of hydrogen-bond donors (Lipinski definition) is 3. The van der Waals surface area contributed by atoms with Crippen LogP contribution in [0.25, 0.3) is 17.0 Å². The van der Waals surface area contributed by atoms with Gasteiger partial charge < -0.3 is 10.8 Å². The van der Waals surface area contributed by atoms with Crippen molar-refractivity contribution in [2.45, 2.75) is 6.42 Å². The third-order valence-corrected chi connectivity index (χ3v) is 2.42. The van der Waals surface area contributed by atoms with Crippen LogP contribution >= 0.6 is 0 Å². The van der Waals surface area contributed by atoms with E-state index in [2.05, 4.69) is 10.2 Å². The molecule has 0 aliphatic rings. The van der Waals surface area contributed by atoms with Crippen molar-refractivity contribution in [3.05, 3.63) is 35.5 Å². The van der Waals surface area contributed by atoms with E-state index < -0.39 is 11.9 Å². The number of nitrogens with zero attached hydrogens (tertiary/aromatic N) is 1. The highest BCUT2D eigenvalue weighted by molar-refractivity contribution is 6.01. The van der Waals surface area contributed by atoms with Gasteiger partial charge >= 0.3 is 5.97 Å². The van der Waals surface area contributed by atoms with Gasteiger partial charge in [-0.15, -0.1) is 0 Å². The minimum absolute atomic E-state index is 0.0184. The number of fused-ring (bicyclic) bond motifs is 1. The number of nitrogens with one attached hydrogen (secondary N) is 1. The van der Waals surface area contributed by atoms with E-state index in [1.54, 1.807) is 30.4 Å². The van der Waals surface area contributed by atoms with Crippen LogP contribution in [0, 0.1) is 0 Å². The first-order valence-electron chi connectivity index (χ1n) is 5.24. The van der Waals surface area contributed by atoms with Gasteiger partial charge in [0.15, 0.2) is 5.69 Å². The Morgan fingerprint density at radius 2 is 2.22 bits per heavy atom. The van der Waals surface area contributed by atoms with Gasteiger partial charge in [0.2, 0.25) is 5.91 Å². The predicted octanol–water partition coefficient (Wildman–Crippen LogP) is 1.15. The van der Waals surface area contributed by atoms with Gasteiger partial charge in [-0.1, -0.05) is 18.2 Å². The van der Waals surface area contributed by atoms with Crippen molar-refractivity contribution in [3.63, 3.8) is 0 Å². The number of aromatic carboxylic acids is 1. The SMILES string of the molecule is NC(=O)CC=Cc1ccc2[nH]nc(C(=O)O)c2c1. The van der Waals surface area contributed by atoms with Gasteiger partial charge in [0, 0.05) is 11.8 Å². The molecular formula is C12H11N3O3. The topological polar surface area (TPSA) is 109 Å². The Bertz CT molecular complexity index is 643. The molecule has 0 bridgehead atoms. The number of carbonyl (C=O) groups excluding carboxylic acids is 1. The highest BCUT2D eigenvalue weighted by Crippen LogP contribution is 2.18. The molecule has 0 unspecified atom stereocenters. The average Bonchev–Trinajstić information content (AvgIpc) is 2.71. The highest BCUT2D eigenvalue weighted by Gasteiger charge is 2.12. The number of carboxylic acid groups (broad SMARTS) is 1. The molecule has 0 radical (unpaired) electrons. The summed E-state index contributed by atoms with van der Waals surface area (Å²) >= 11 is 0.